The SMILES string of the molecule is CCNC(C)(CCN(CCC(C)C)C1CC1)C(=O)OCC. The highest BCUT2D eigenvalue weighted by Crippen LogP contribution is 2.28. The van der Waals surface area contributed by atoms with E-state index in [4.69, 9.17) is 4.74 Å². The van der Waals surface area contributed by atoms with Crippen LogP contribution in [0.25, 0.3) is 0 Å². The number of ether oxygens (including phenoxy) is 1. The zero-order valence-corrected chi connectivity index (χ0v) is 14.6. The normalized spacial score (nSPS) is 18.0. The third-order valence-electron chi connectivity index (χ3n) is 4.25. The third-order valence-corrected chi connectivity index (χ3v) is 4.25. The summed E-state index contributed by atoms with van der Waals surface area (Å²) >= 11 is 0. The quantitative estimate of drug-likeness (QED) is 0.596. The molecule has 1 atom stereocenters. The average molecular weight is 298 g/mol. The molecule has 4 nitrogen and oxygen atoms in total. The van der Waals surface area contributed by atoms with E-state index < -0.39 is 5.54 Å². The molecular weight excluding hydrogens is 264 g/mol. The van der Waals surface area contributed by atoms with Gasteiger partial charge in [0.2, 0.25) is 0 Å². The van der Waals surface area contributed by atoms with Crippen LogP contribution in [0.3, 0.4) is 0 Å². The number of nitrogens with zero attached hydrogens (tertiary/aromatic N) is 1. The Balaban J connectivity index is 2.54. The summed E-state index contributed by atoms with van der Waals surface area (Å²) < 4.78 is 5.25. The molecule has 0 aromatic heterocycles. The molecule has 21 heavy (non-hydrogen) atoms. The number of rotatable bonds is 11. The van der Waals surface area contributed by atoms with Gasteiger partial charge in [-0.25, -0.2) is 0 Å². The molecule has 0 aromatic rings. The summed E-state index contributed by atoms with van der Waals surface area (Å²) in [5.74, 6) is 0.614. The van der Waals surface area contributed by atoms with Crippen LogP contribution in [0.1, 0.15) is 60.3 Å². The minimum absolute atomic E-state index is 0.119. The van der Waals surface area contributed by atoms with Gasteiger partial charge in [0.1, 0.15) is 5.54 Å². The number of carbonyl (C=O) groups excluding carboxylic acids is 1. The molecule has 0 radical (unpaired) electrons. The lowest BCUT2D eigenvalue weighted by atomic mass is 9.97. The van der Waals surface area contributed by atoms with E-state index in [1.165, 1.54) is 19.3 Å². The third kappa shape index (κ3) is 6.35. The van der Waals surface area contributed by atoms with Crippen LogP contribution >= 0.6 is 0 Å². The topological polar surface area (TPSA) is 41.6 Å². The Labute approximate surface area is 130 Å². The first-order chi connectivity index (χ1) is 9.92. The first kappa shape index (κ1) is 18.4. The van der Waals surface area contributed by atoms with Crippen molar-refractivity contribution in [3.05, 3.63) is 0 Å². The van der Waals surface area contributed by atoms with Crippen LogP contribution in [0.15, 0.2) is 0 Å². The molecule has 124 valence electrons. The number of hydrogen-bond acceptors (Lipinski definition) is 4. The van der Waals surface area contributed by atoms with Gasteiger partial charge in [-0.2, -0.15) is 0 Å². The summed E-state index contributed by atoms with van der Waals surface area (Å²) in [6.07, 6.45) is 4.67. The van der Waals surface area contributed by atoms with Gasteiger partial charge < -0.3 is 15.0 Å². The molecule has 4 heteroatoms. The summed E-state index contributed by atoms with van der Waals surface area (Å²) in [5.41, 5.74) is -0.560. The Morgan fingerprint density at radius 3 is 2.48 bits per heavy atom. The van der Waals surface area contributed by atoms with Gasteiger partial charge in [0.05, 0.1) is 6.61 Å². The van der Waals surface area contributed by atoms with Gasteiger partial charge in [-0.3, -0.25) is 4.79 Å². The minimum atomic E-state index is -0.560. The molecular formula is C17H34N2O2. The summed E-state index contributed by atoms with van der Waals surface area (Å²) in [4.78, 5) is 14.8. The molecule has 0 heterocycles. The van der Waals surface area contributed by atoms with Gasteiger partial charge in [0.15, 0.2) is 0 Å². The van der Waals surface area contributed by atoms with Crippen molar-refractivity contribution in [1.82, 2.24) is 10.2 Å². The summed E-state index contributed by atoms with van der Waals surface area (Å²) in [7, 11) is 0. The van der Waals surface area contributed by atoms with E-state index >= 15 is 0 Å². The zero-order valence-electron chi connectivity index (χ0n) is 14.6. The minimum Gasteiger partial charge on any atom is -0.465 e. The Kier molecular flexibility index (Phi) is 7.67. The van der Waals surface area contributed by atoms with Gasteiger partial charge in [-0.1, -0.05) is 20.8 Å². The Hall–Kier alpha value is -0.610. The first-order valence-electron chi connectivity index (χ1n) is 8.59. The molecule has 0 aromatic carbocycles. The molecule has 0 bridgehead atoms. The lowest BCUT2D eigenvalue weighted by Crippen LogP contribution is -2.52. The molecule has 1 aliphatic rings. The number of likely N-dealkylation sites (N-methyl/N-ethyl adjacent to an activating group) is 1. The maximum Gasteiger partial charge on any atom is 0.326 e. The molecule has 1 unspecified atom stereocenters. The van der Waals surface area contributed by atoms with E-state index in [0.717, 1.165) is 38.0 Å². The van der Waals surface area contributed by atoms with Crippen molar-refractivity contribution >= 4 is 5.97 Å². The largest absolute Gasteiger partial charge is 0.465 e. The number of hydrogen-bond donors (Lipinski definition) is 1. The van der Waals surface area contributed by atoms with Crippen LogP contribution in [0.5, 0.6) is 0 Å². The summed E-state index contributed by atoms with van der Waals surface area (Å²) in [5, 5.41) is 3.32. The highest BCUT2D eigenvalue weighted by Gasteiger charge is 2.36. The molecule has 0 saturated heterocycles. The maximum atomic E-state index is 12.2. The van der Waals surface area contributed by atoms with Crippen LogP contribution < -0.4 is 5.32 Å². The molecule has 1 rings (SSSR count). The van der Waals surface area contributed by atoms with E-state index in [2.05, 4.69) is 24.1 Å². The van der Waals surface area contributed by atoms with Crippen molar-refractivity contribution in [3.8, 4) is 0 Å². The van der Waals surface area contributed by atoms with Crippen LogP contribution in [0.4, 0.5) is 0 Å². The maximum absolute atomic E-state index is 12.2. The van der Waals surface area contributed by atoms with Gasteiger partial charge >= 0.3 is 5.97 Å². The standard InChI is InChI=1S/C17H34N2O2/c1-6-18-17(5,16(20)21-7-2)11-13-19(15-8-9-15)12-10-14(3)4/h14-15,18H,6-13H2,1-5H3. The second-order valence-electron chi connectivity index (χ2n) is 6.78. The van der Waals surface area contributed by atoms with Crippen molar-refractivity contribution in [2.75, 3.05) is 26.2 Å². The average Bonchev–Trinajstić information content (AvgIpc) is 3.23. The fourth-order valence-electron chi connectivity index (χ4n) is 2.65. The van der Waals surface area contributed by atoms with Gasteiger partial charge in [0.25, 0.3) is 0 Å². The van der Waals surface area contributed by atoms with Crippen LogP contribution in [-0.2, 0) is 9.53 Å². The van der Waals surface area contributed by atoms with E-state index in [9.17, 15) is 4.79 Å². The van der Waals surface area contributed by atoms with E-state index in [0.29, 0.717) is 6.61 Å². The number of nitrogens with one attached hydrogen (secondary N) is 1. The Morgan fingerprint density at radius 2 is 2.00 bits per heavy atom. The molecule has 0 aliphatic heterocycles. The fourth-order valence-corrected chi connectivity index (χ4v) is 2.65. The molecule has 1 fully saturated rings. The zero-order chi connectivity index (χ0) is 15.9. The highest BCUT2D eigenvalue weighted by atomic mass is 16.5. The predicted octanol–water partition coefficient (Wildman–Crippen LogP) is 2.82. The monoisotopic (exact) mass is 298 g/mol. The molecule has 1 aliphatic carbocycles. The van der Waals surface area contributed by atoms with Crippen molar-refractivity contribution in [1.29, 1.82) is 0 Å². The highest BCUT2D eigenvalue weighted by molar-refractivity contribution is 5.80. The number of carbonyl (C=O) groups is 1. The molecule has 1 N–H and O–H groups in total. The van der Waals surface area contributed by atoms with Crippen molar-refractivity contribution in [2.24, 2.45) is 5.92 Å². The van der Waals surface area contributed by atoms with Gasteiger partial charge in [0, 0.05) is 12.6 Å². The second kappa shape index (κ2) is 8.74. The summed E-state index contributed by atoms with van der Waals surface area (Å²) in [6, 6.07) is 0.747. The Bertz CT molecular complexity index is 316. The smallest absolute Gasteiger partial charge is 0.326 e. The first-order valence-corrected chi connectivity index (χ1v) is 8.59. The van der Waals surface area contributed by atoms with Crippen molar-refractivity contribution < 1.29 is 9.53 Å². The fraction of sp³-hybridized carbons (Fsp3) is 0.941. The van der Waals surface area contributed by atoms with Crippen LogP contribution in [0, 0.1) is 5.92 Å². The molecule has 0 amide bonds. The lowest BCUT2D eigenvalue weighted by molar-refractivity contribution is -0.151. The second-order valence-corrected chi connectivity index (χ2v) is 6.78. The van der Waals surface area contributed by atoms with Crippen LogP contribution in [-0.4, -0.2) is 48.7 Å². The summed E-state index contributed by atoms with van der Waals surface area (Å²) in [6.45, 7) is 13.8. The van der Waals surface area contributed by atoms with E-state index in [1.807, 2.05) is 20.8 Å². The lowest BCUT2D eigenvalue weighted by Gasteiger charge is -2.31. The van der Waals surface area contributed by atoms with Gasteiger partial charge in [-0.05, 0) is 58.5 Å². The van der Waals surface area contributed by atoms with E-state index in [-0.39, 0.29) is 5.97 Å². The van der Waals surface area contributed by atoms with Crippen molar-refractivity contribution in [3.63, 3.8) is 0 Å². The number of esters is 1. The Morgan fingerprint density at radius 1 is 1.33 bits per heavy atom. The molecule has 0 spiro atoms. The van der Waals surface area contributed by atoms with Crippen LogP contribution in [0.2, 0.25) is 0 Å². The predicted molar refractivity (Wildman–Crippen MR) is 87.4 cm³/mol. The van der Waals surface area contributed by atoms with E-state index in [1.54, 1.807) is 0 Å². The molecule has 1 saturated carbocycles. The van der Waals surface area contributed by atoms with Gasteiger partial charge in [-0.15, -0.1) is 0 Å². The van der Waals surface area contributed by atoms with Crippen molar-refractivity contribution in [2.45, 2.75) is 71.9 Å².